The average molecular weight is 412 g/mol. The number of carbonyl (C=O) groups excluding carboxylic acids is 2. The van der Waals surface area contributed by atoms with E-state index in [1.807, 2.05) is 44.2 Å². The van der Waals surface area contributed by atoms with Crippen LogP contribution in [-0.2, 0) is 10.2 Å². The monoisotopic (exact) mass is 411 g/mol. The first-order valence-corrected chi connectivity index (χ1v) is 10.5. The second kappa shape index (κ2) is 7.81. The van der Waals surface area contributed by atoms with Crippen LogP contribution in [0.4, 0.5) is 5.69 Å². The third kappa shape index (κ3) is 3.77. The lowest BCUT2D eigenvalue weighted by molar-refractivity contribution is -0.119. The predicted molar refractivity (Wildman–Crippen MR) is 115 cm³/mol. The van der Waals surface area contributed by atoms with Crippen molar-refractivity contribution in [2.24, 2.45) is 0 Å². The summed E-state index contributed by atoms with van der Waals surface area (Å²) in [5.74, 6) is -0.194. The number of hydrogen-bond acceptors (Lipinski definition) is 3. The Morgan fingerprint density at radius 3 is 2.66 bits per heavy atom. The highest BCUT2D eigenvalue weighted by Gasteiger charge is 2.38. The van der Waals surface area contributed by atoms with Crippen molar-refractivity contribution in [2.45, 2.75) is 38.1 Å². The summed E-state index contributed by atoms with van der Waals surface area (Å²) in [5, 5.41) is 6.68. The predicted octanol–water partition coefficient (Wildman–Crippen LogP) is 4.14. The van der Waals surface area contributed by atoms with Crippen molar-refractivity contribution in [3.63, 3.8) is 0 Å². The minimum absolute atomic E-state index is 0.0436. The fourth-order valence-corrected chi connectivity index (χ4v) is 4.52. The summed E-state index contributed by atoms with van der Waals surface area (Å²) in [4.78, 5) is 27.4. The smallest absolute Gasteiger partial charge is 0.251 e. The molecule has 0 aliphatic carbocycles. The minimum Gasteiger partial charge on any atom is -0.350 e. The first-order chi connectivity index (χ1) is 13.9. The van der Waals surface area contributed by atoms with Crippen molar-refractivity contribution >= 4 is 29.1 Å². The van der Waals surface area contributed by atoms with Crippen LogP contribution in [0.1, 0.15) is 54.2 Å². The number of carbonyl (C=O) groups is 2. The van der Waals surface area contributed by atoms with Crippen molar-refractivity contribution in [1.29, 1.82) is 0 Å². The number of amides is 2. The van der Waals surface area contributed by atoms with E-state index in [-0.39, 0.29) is 17.9 Å². The molecule has 6 heteroatoms. The van der Waals surface area contributed by atoms with Gasteiger partial charge in [0.1, 0.15) is 0 Å². The number of hydrogen-bond donors (Lipinski definition) is 2. The Morgan fingerprint density at radius 1 is 1.21 bits per heavy atom. The van der Waals surface area contributed by atoms with Gasteiger partial charge in [0, 0.05) is 22.8 Å². The lowest BCUT2D eigenvalue weighted by atomic mass is 9.86. The molecule has 4 rings (SSSR count). The van der Waals surface area contributed by atoms with Crippen LogP contribution < -0.4 is 10.6 Å². The standard InChI is InChI=1S/C23H26ClN3O2/c1-23(2)17-10-9-15(13-19(17)26-22(23)29)21(28)25-14-20(27-11-5-6-12-27)16-7-3-4-8-18(16)24/h3-4,7-10,13,20H,5-6,11-12,14H2,1-2H3,(H,25,28)(H,26,29). The highest BCUT2D eigenvalue weighted by molar-refractivity contribution is 6.31. The molecule has 0 bridgehead atoms. The van der Waals surface area contributed by atoms with Gasteiger partial charge < -0.3 is 10.6 Å². The second-order valence-electron chi connectivity index (χ2n) is 8.33. The summed E-state index contributed by atoms with van der Waals surface area (Å²) in [5.41, 5.74) is 2.65. The largest absolute Gasteiger partial charge is 0.350 e. The minimum atomic E-state index is -0.574. The number of rotatable bonds is 5. The Hall–Kier alpha value is -2.37. The van der Waals surface area contributed by atoms with Crippen molar-refractivity contribution in [3.05, 3.63) is 64.2 Å². The quantitative estimate of drug-likeness (QED) is 0.777. The van der Waals surface area contributed by atoms with Crippen molar-refractivity contribution in [1.82, 2.24) is 10.2 Å². The van der Waals surface area contributed by atoms with Crippen LogP contribution >= 0.6 is 11.6 Å². The van der Waals surface area contributed by atoms with E-state index < -0.39 is 5.41 Å². The molecule has 2 aliphatic rings. The number of anilines is 1. The van der Waals surface area contributed by atoms with Crippen LogP contribution in [0.5, 0.6) is 0 Å². The zero-order valence-corrected chi connectivity index (χ0v) is 17.6. The molecular formula is C23H26ClN3O2. The second-order valence-corrected chi connectivity index (χ2v) is 8.74. The normalized spacial score (nSPS) is 18.9. The number of halogens is 1. The van der Waals surface area contributed by atoms with Crippen LogP contribution in [-0.4, -0.2) is 36.3 Å². The van der Waals surface area contributed by atoms with Gasteiger partial charge >= 0.3 is 0 Å². The molecule has 5 nitrogen and oxygen atoms in total. The van der Waals surface area contributed by atoms with Gasteiger partial charge in [0.15, 0.2) is 0 Å². The SMILES string of the molecule is CC1(C)C(=O)Nc2cc(C(=O)NCC(c3ccccc3Cl)N3CCCC3)ccc21. The average Bonchev–Trinajstić information content (AvgIpc) is 3.30. The van der Waals surface area contributed by atoms with Gasteiger partial charge in [-0.3, -0.25) is 14.5 Å². The molecular weight excluding hydrogens is 386 g/mol. The van der Waals surface area contributed by atoms with E-state index >= 15 is 0 Å². The molecule has 0 spiro atoms. The van der Waals surface area contributed by atoms with Gasteiger partial charge in [-0.15, -0.1) is 0 Å². The van der Waals surface area contributed by atoms with Crippen LogP contribution in [0, 0.1) is 0 Å². The zero-order chi connectivity index (χ0) is 20.6. The van der Waals surface area contributed by atoms with Gasteiger partial charge in [-0.05, 0) is 69.1 Å². The van der Waals surface area contributed by atoms with Crippen LogP contribution in [0.25, 0.3) is 0 Å². The van der Waals surface area contributed by atoms with E-state index in [2.05, 4.69) is 15.5 Å². The third-order valence-electron chi connectivity index (χ3n) is 6.07. The number of benzene rings is 2. The number of fused-ring (bicyclic) bond motifs is 1. The lowest BCUT2D eigenvalue weighted by Crippen LogP contribution is -2.37. The van der Waals surface area contributed by atoms with Gasteiger partial charge in [-0.2, -0.15) is 0 Å². The molecule has 0 aromatic heterocycles. The molecule has 2 amide bonds. The maximum Gasteiger partial charge on any atom is 0.251 e. The third-order valence-corrected chi connectivity index (χ3v) is 6.42. The zero-order valence-electron chi connectivity index (χ0n) is 16.8. The van der Waals surface area contributed by atoms with E-state index in [0.717, 1.165) is 47.8 Å². The van der Waals surface area contributed by atoms with E-state index in [1.165, 1.54) is 0 Å². The molecule has 152 valence electrons. The van der Waals surface area contributed by atoms with Gasteiger partial charge in [-0.1, -0.05) is 35.9 Å². The molecule has 0 radical (unpaired) electrons. The van der Waals surface area contributed by atoms with Crippen molar-refractivity contribution < 1.29 is 9.59 Å². The van der Waals surface area contributed by atoms with Gasteiger partial charge in [-0.25, -0.2) is 0 Å². The van der Waals surface area contributed by atoms with Gasteiger partial charge in [0.2, 0.25) is 5.91 Å². The number of nitrogens with zero attached hydrogens (tertiary/aromatic N) is 1. The molecule has 1 fully saturated rings. The molecule has 2 N–H and O–H groups in total. The topological polar surface area (TPSA) is 61.4 Å². The van der Waals surface area contributed by atoms with Crippen molar-refractivity contribution in [3.8, 4) is 0 Å². The molecule has 1 atom stereocenters. The molecule has 1 saturated heterocycles. The number of likely N-dealkylation sites (tertiary alicyclic amines) is 1. The first kappa shape index (κ1) is 19.9. The number of nitrogens with one attached hydrogen (secondary N) is 2. The summed E-state index contributed by atoms with van der Waals surface area (Å²) in [7, 11) is 0. The summed E-state index contributed by atoms with van der Waals surface area (Å²) in [6.45, 7) is 6.27. The van der Waals surface area contributed by atoms with Crippen LogP contribution in [0.3, 0.4) is 0 Å². The van der Waals surface area contributed by atoms with Gasteiger partial charge in [0.25, 0.3) is 5.91 Å². The highest BCUT2D eigenvalue weighted by atomic mass is 35.5. The summed E-state index contributed by atoms with van der Waals surface area (Å²) in [6, 6.07) is 13.3. The van der Waals surface area contributed by atoms with Crippen molar-refractivity contribution in [2.75, 3.05) is 25.0 Å². The lowest BCUT2D eigenvalue weighted by Gasteiger charge is -2.29. The molecule has 2 aromatic rings. The Balaban J connectivity index is 1.51. The highest BCUT2D eigenvalue weighted by Crippen LogP contribution is 2.37. The van der Waals surface area contributed by atoms with E-state index in [1.54, 1.807) is 12.1 Å². The first-order valence-electron chi connectivity index (χ1n) is 10.1. The van der Waals surface area contributed by atoms with E-state index in [4.69, 9.17) is 11.6 Å². The maximum absolute atomic E-state index is 12.8. The molecule has 2 aromatic carbocycles. The van der Waals surface area contributed by atoms with Gasteiger partial charge in [0.05, 0.1) is 11.5 Å². The van der Waals surface area contributed by atoms with E-state index in [0.29, 0.717) is 12.1 Å². The van der Waals surface area contributed by atoms with Crippen LogP contribution in [0.15, 0.2) is 42.5 Å². The maximum atomic E-state index is 12.8. The summed E-state index contributed by atoms with van der Waals surface area (Å²) >= 11 is 6.45. The summed E-state index contributed by atoms with van der Waals surface area (Å²) in [6.07, 6.45) is 2.32. The Kier molecular flexibility index (Phi) is 5.36. The Bertz CT molecular complexity index is 951. The molecule has 0 saturated carbocycles. The Labute approximate surface area is 176 Å². The fraction of sp³-hybridized carbons (Fsp3) is 0.391. The van der Waals surface area contributed by atoms with E-state index in [9.17, 15) is 9.59 Å². The summed E-state index contributed by atoms with van der Waals surface area (Å²) < 4.78 is 0. The molecule has 29 heavy (non-hydrogen) atoms. The Morgan fingerprint density at radius 2 is 1.93 bits per heavy atom. The van der Waals surface area contributed by atoms with Crippen LogP contribution in [0.2, 0.25) is 5.02 Å². The fourth-order valence-electron chi connectivity index (χ4n) is 4.26. The molecule has 2 aliphatic heterocycles. The molecule has 1 unspecified atom stereocenters. The molecule has 2 heterocycles.